The van der Waals surface area contributed by atoms with E-state index >= 15 is 0 Å². The topological polar surface area (TPSA) is 78.4 Å². The van der Waals surface area contributed by atoms with Crippen LogP contribution in [0, 0.1) is 0 Å². The van der Waals surface area contributed by atoms with Gasteiger partial charge in [-0.05, 0) is 49.4 Å². The molecule has 2 aromatic carbocycles. The van der Waals surface area contributed by atoms with E-state index in [9.17, 15) is 4.79 Å². The number of anilines is 3. The number of carbonyl (C=O) groups excluding carboxylic acids is 1. The lowest BCUT2D eigenvalue weighted by molar-refractivity contribution is 0.122. The van der Waals surface area contributed by atoms with Gasteiger partial charge < -0.3 is 25.0 Å². The van der Waals surface area contributed by atoms with Crippen LogP contribution in [0.3, 0.4) is 0 Å². The summed E-state index contributed by atoms with van der Waals surface area (Å²) < 4.78 is 11.3. The summed E-state index contributed by atoms with van der Waals surface area (Å²) in [5.41, 5.74) is 2.55. The van der Waals surface area contributed by atoms with Crippen LogP contribution in [0.1, 0.15) is 6.92 Å². The van der Waals surface area contributed by atoms with E-state index in [-0.39, 0.29) is 6.03 Å². The van der Waals surface area contributed by atoms with Crippen LogP contribution in [0.15, 0.2) is 71.4 Å². The Hall–Kier alpha value is -3.52. The van der Waals surface area contributed by atoms with E-state index < -0.39 is 5.54 Å². The number of amides is 2. The summed E-state index contributed by atoms with van der Waals surface area (Å²) in [4.78, 5) is 21.6. The van der Waals surface area contributed by atoms with Gasteiger partial charge in [-0.2, -0.15) is 0 Å². The van der Waals surface area contributed by atoms with Gasteiger partial charge in [-0.25, -0.2) is 4.79 Å². The number of nitrogens with one attached hydrogen (secondary N) is 2. The van der Waals surface area contributed by atoms with E-state index in [0.717, 1.165) is 37.7 Å². The van der Waals surface area contributed by atoms with Crippen LogP contribution in [0.5, 0.6) is 0 Å². The number of benzene rings is 2. The van der Waals surface area contributed by atoms with Crippen molar-refractivity contribution in [1.82, 2.24) is 4.90 Å². The molecule has 5 rings (SSSR count). The number of nitrogens with zero attached hydrogens (tertiary/aromatic N) is 3. The first kappa shape index (κ1) is 21.3. The Labute approximate surface area is 193 Å². The molecule has 1 atom stereocenters. The number of morpholine rings is 2. The number of para-hydroxylation sites is 1. The summed E-state index contributed by atoms with van der Waals surface area (Å²) in [6.45, 7) is 6.84. The van der Waals surface area contributed by atoms with Crippen LogP contribution in [-0.2, 0) is 9.47 Å². The van der Waals surface area contributed by atoms with Crippen molar-refractivity contribution in [3.63, 3.8) is 0 Å². The van der Waals surface area contributed by atoms with Gasteiger partial charge >= 0.3 is 6.03 Å². The summed E-state index contributed by atoms with van der Waals surface area (Å²) in [6.07, 6.45) is 2.03. The van der Waals surface area contributed by atoms with Gasteiger partial charge in [0.25, 0.3) is 0 Å². The van der Waals surface area contributed by atoms with Gasteiger partial charge in [0.05, 0.1) is 31.8 Å². The molecule has 8 heteroatoms. The number of hydrogen-bond donors (Lipinski definition) is 2. The molecule has 3 heterocycles. The van der Waals surface area contributed by atoms with Crippen molar-refractivity contribution in [1.29, 1.82) is 0 Å². The van der Waals surface area contributed by atoms with Crippen molar-refractivity contribution < 1.29 is 14.3 Å². The molecule has 2 N–H and O–H groups in total. The molecule has 0 bridgehead atoms. The highest BCUT2D eigenvalue weighted by Gasteiger charge is 2.35. The zero-order valence-corrected chi connectivity index (χ0v) is 18.8. The van der Waals surface area contributed by atoms with Crippen LogP contribution < -0.4 is 15.5 Å². The third kappa shape index (κ3) is 4.80. The SMILES string of the molecule is CC1(Nc2ccc(N3CCOCC3)cc2)C=C2OCCN(C(=O)Nc3ccccc3)C2=NC1. The second kappa shape index (κ2) is 9.15. The number of fused-ring (bicyclic) bond motifs is 1. The van der Waals surface area contributed by atoms with E-state index in [1.807, 2.05) is 36.4 Å². The standard InChI is InChI=1S/C25H29N5O3/c1-25(28-20-7-9-21(10-8-20)29-11-14-32-15-12-29)17-22-23(26-18-25)30(13-16-33-22)24(31)27-19-5-3-2-4-6-19/h2-10,17,28H,11-16,18H2,1H3,(H,27,31). The Morgan fingerprint density at radius 2 is 1.73 bits per heavy atom. The fourth-order valence-corrected chi connectivity index (χ4v) is 4.29. The lowest BCUT2D eigenvalue weighted by Gasteiger charge is -2.37. The normalized spacial score (nSPS) is 22.5. The smallest absolute Gasteiger partial charge is 0.327 e. The molecular formula is C25H29N5O3. The first-order chi connectivity index (χ1) is 16.1. The molecule has 0 radical (unpaired) electrons. The minimum atomic E-state index is -0.418. The molecule has 3 aliphatic rings. The molecule has 0 spiro atoms. The second-order valence-electron chi connectivity index (χ2n) is 8.63. The molecular weight excluding hydrogens is 418 g/mol. The summed E-state index contributed by atoms with van der Waals surface area (Å²) in [7, 11) is 0. The summed E-state index contributed by atoms with van der Waals surface area (Å²) >= 11 is 0. The minimum absolute atomic E-state index is 0.204. The number of rotatable bonds is 4. The Balaban J connectivity index is 1.26. The predicted octanol–water partition coefficient (Wildman–Crippen LogP) is 3.55. The van der Waals surface area contributed by atoms with Crippen LogP contribution in [0.25, 0.3) is 0 Å². The molecule has 0 saturated carbocycles. The van der Waals surface area contributed by atoms with Crippen LogP contribution in [0.2, 0.25) is 0 Å². The van der Waals surface area contributed by atoms with Gasteiger partial charge in [-0.3, -0.25) is 9.89 Å². The van der Waals surface area contributed by atoms with Crippen molar-refractivity contribution in [3.8, 4) is 0 Å². The number of aliphatic imine (C=N–C) groups is 1. The van der Waals surface area contributed by atoms with E-state index in [1.54, 1.807) is 4.90 Å². The molecule has 0 aromatic heterocycles. The number of dihydropyridines is 1. The average molecular weight is 448 g/mol. The predicted molar refractivity (Wildman–Crippen MR) is 130 cm³/mol. The summed E-state index contributed by atoms with van der Waals surface area (Å²) in [5, 5.41) is 6.51. The van der Waals surface area contributed by atoms with Crippen LogP contribution in [0.4, 0.5) is 21.9 Å². The molecule has 2 saturated heterocycles. The highest BCUT2D eigenvalue weighted by molar-refractivity contribution is 6.10. The zero-order chi connectivity index (χ0) is 22.7. The molecule has 172 valence electrons. The Morgan fingerprint density at radius 3 is 2.48 bits per heavy atom. The lowest BCUT2D eigenvalue weighted by atomic mass is 9.97. The maximum Gasteiger partial charge on any atom is 0.327 e. The molecule has 1 unspecified atom stereocenters. The maximum absolute atomic E-state index is 12.9. The zero-order valence-electron chi connectivity index (χ0n) is 18.8. The molecule has 8 nitrogen and oxygen atoms in total. The van der Waals surface area contributed by atoms with Gasteiger partial charge in [0, 0.05) is 30.2 Å². The molecule has 2 aromatic rings. The van der Waals surface area contributed by atoms with Crippen molar-refractivity contribution in [2.75, 3.05) is 61.5 Å². The minimum Gasteiger partial charge on any atom is -0.488 e. The second-order valence-corrected chi connectivity index (χ2v) is 8.63. The highest BCUT2D eigenvalue weighted by atomic mass is 16.5. The third-order valence-electron chi connectivity index (χ3n) is 6.00. The van der Waals surface area contributed by atoms with Gasteiger partial charge in [0.15, 0.2) is 11.6 Å². The van der Waals surface area contributed by atoms with E-state index in [1.165, 1.54) is 5.69 Å². The first-order valence-electron chi connectivity index (χ1n) is 11.3. The van der Waals surface area contributed by atoms with Gasteiger partial charge in [0.2, 0.25) is 0 Å². The fraction of sp³-hybridized carbons (Fsp3) is 0.360. The molecule has 2 amide bonds. The maximum atomic E-state index is 12.9. The number of ether oxygens (including phenoxy) is 2. The summed E-state index contributed by atoms with van der Waals surface area (Å²) in [6, 6.07) is 17.7. The van der Waals surface area contributed by atoms with Crippen molar-refractivity contribution in [2.24, 2.45) is 4.99 Å². The summed E-state index contributed by atoms with van der Waals surface area (Å²) in [5.74, 6) is 1.22. The van der Waals surface area contributed by atoms with Crippen LogP contribution >= 0.6 is 0 Å². The lowest BCUT2D eigenvalue weighted by Crippen LogP contribution is -2.50. The Kier molecular flexibility index (Phi) is 5.92. The van der Waals surface area contributed by atoms with Gasteiger partial charge in [-0.15, -0.1) is 0 Å². The van der Waals surface area contributed by atoms with Crippen molar-refractivity contribution in [2.45, 2.75) is 12.5 Å². The molecule has 3 aliphatic heterocycles. The highest BCUT2D eigenvalue weighted by Crippen LogP contribution is 2.28. The van der Waals surface area contributed by atoms with E-state index in [2.05, 4.69) is 46.7 Å². The Bertz CT molecular complexity index is 1050. The van der Waals surface area contributed by atoms with Crippen LogP contribution in [-0.4, -0.2) is 68.3 Å². The van der Waals surface area contributed by atoms with Gasteiger partial charge in [0.1, 0.15) is 6.61 Å². The third-order valence-corrected chi connectivity index (χ3v) is 6.00. The number of hydrogen-bond acceptors (Lipinski definition) is 6. The quantitative estimate of drug-likeness (QED) is 0.750. The van der Waals surface area contributed by atoms with Crippen molar-refractivity contribution in [3.05, 3.63) is 66.4 Å². The van der Waals surface area contributed by atoms with E-state index in [4.69, 9.17) is 14.5 Å². The van der Waals surface area contributed by atoms with Gasteiger partial charge in [-0.1, -0.05) is 18.2 Å². The first-order valence-corrected chi connectivity index (χ1v) is 11.3. The fourth-order valence-electron chi connectivity index (χ4n) is 4.29. The molecule has 33 heavy (non-hydrogen) atoms. The van der Waals surface area contributed by atoms with E-state index in [0.29, 0.717) is 31.3 Å². The monoisotopic (exact) mass is 447 g/mol. The average Bonchev–Trinajstić information content (AvgIpc) is 2.85. The number of amidine groups is 1. The van der Waals surface area contributed by atoms with Crippen molar-refractivity contribution >= 4 is 28.9 Å². The Morgan fingerprint density at radius 1 is 0.970 bits per heavy atom. The number of urea groups is 1. The number of carbonyl (C=O) groups is 1. The molecule has 0 aliphatic carbocycles. The largest absolute Gasteiger partial charge is 0.488 e. The molecule has 2 fully saturated rings.